The molecule has 0 amide bonds. The summed E-state index contributed by atoms with van der Waals surface area (Å²) in [6.45, 7) is -0.870. The van der Waals surface area contributed by atoms with Crippen LogP contribution in [0.3, 0.4) is 0 Å². The molecule has 0 spiro atoms. The highest BCUT2D eigenvalue weighted by molar-refractivity contribution is 5.95. The smallest absolute Gasteiger partial charge is 0.334 e. The van der Waals surface area contributed by atoms with E-state index < -0.39 is 36.3 Å². The molecule has 0 bridgehead atoms. The maximum absolute atomic E-state index is 10.4. The van der Waals surface area contributed by atoms with Gasteiger partial charge in [-0.25, -0.2) is 9.59 Å². The first-order chi connectivity index (χ1) is 6.40. The largest absolute Gasteiger partial charge is 0.478 e. The number of hydrogen-bond donors (Lipinski definition) is 5. The number of carboxylic acid groups (broad SMARTS) is 2. The summed E-state index contributed by atoms with van der Waals surface area (Å²) in [5.41, 5.74) is -0.890. The lowest BCUT2D eigenvalue weighted by Gasteiger charge is -2.15. The number of hydrogen-bond acceptors (Lipinski definition) is 5. The molecular formula is C7H10O7. The van der Waals surface area contributed by atoms with Gasteiger partial charge in [0.2, 0.25) is 0 Å². The molecule has 5 N–H and O–H groups in total. The van der Waals surface area contributed by atoms with Crippen LogP contribution in [-0.2, 0) is 9.59 Å². The van der Waals surface area contributed by atoms with Gasteiger partial charge < -0.3 is 25.5 Å². The summed E-state index contributed by atoms with van der Waals surface area (Å²) >= 11 is 0. The van der Waals surface area contributed by atoms with E-state index in [9.17, 15) is 9.59 Å². The lowest BCUT2D eigenvalue weighted by Crippen LogP contribution is -2.34. The van der Waals surface area contributed by atoms with Gasteiger partial charge in [-0.3, -0.25) is 0 Å². The molecule has 0 aliphatic carbocycles. The van der Waals surface area contributed by atoms with E-state index in [-0.39, 0.29) is 6.08 Å². The van der Waals surface area contributed by atoms with E-state index in [4.69, 9.17) is 25.5 Å². The fraction of sp³-hybridized carbons (Fsp3) is 0.429. The number of carbonyl (C=O) groups is 2. The monoisotopic (exact) mass is 206 g/mol. The van der Waals surface area contributed by atoms with Crippen molar-refractivity contribution in [2.24, 2.45) is 0 Å². The molecular weight excluding hydrogens is 196 g/mol. The molecule has 0 aliphatic heterocycles. The highest BCUT2D eigenvalue weighted by atomic mass is 16.4. The molecule has 0 aromatic carbocycles. The molecule has 0 aliphatic rings. The third-order valence-corrected chi connectivity index (χ3v) is 1.40. The molecule has 0 saturated carbocycles. The third-order valence-electron chi connectivity index (χ3n) is 1.40. The van der Waals surface area contributed by atoms with Crippen LogP contribution in [0, 0.1) is 0 Å². The highest BCUT2D eigenvalue weighted by Crippen LogP contribution is 2.07. The van der Waals surface area contributed by atoms with Crippen molar-refractivity contribution >= 4 is 11.9 Å². The molecule has 0 fully saturated rings. The van der Waals surface area contributed by atoms with Gasteiger partial charge in [0, 0.05) is 6.08 Å². The van der Waals surface area contributed by atoms with Gasteiger partial charge in [0.05, 0.1) is 12.2 Å². The quantitative estimate of drug-likeness (QED) is 0.322. The first-order valence-electron chi connectivity index (χ1n) is 3.55. The van der Waals surface area contributed by atoms with E-state index in [2.05, 4.69) is 0 Å². The molecule has 0 aromatic heterocycles. The minimum Gasteiger partial charge on any atom is -0.478 e. The summed E-state index contributed by atoms with van der Waals surface area (Å²) in [4.78, 5) is 20.5. The Morgan fingerprint density at radius 2 is 1.71 bits per heavy atom. The van der Waals surface area contributed by atoms with Crippen molar-refractivity contribution < 1.29 is 35.1 Å². The number of rotatable bonds is 5. The summed E-state index contributed by atoms with van der Waals surface area (Å²) in [6.07, 6.45) is -3.41. The van der Waals surface area contributed by atoms with Gasteiger partial charge in [0.1, 0.15) is 12.2 Å². The molecule has 0 radical (unpaired) electrons. The second kappa shape index (κ2) is 5.32. The van der Waals surface area contributed by atoms with E-state index in [1.165, 1.54) is 0 Å². The SMILES string of the molecule is O=C(O)/C=C(\C(=O)O)C(O)C(O)CO. The molecule has 0 saturated heterocycles. The van der Waals surface area contributed by atoms with E-state index in [0.29, 0.717) is 0 Å². The number of aliphatic hydroxyl groups is 3. The van der Waals surface area contributed by atoms with E-state index in [1.54, 1.807) is 0 Å². The molecule has 7 nitrogen and oxygen atoms in total. The average molecular weight is 206 g/mol. The number of aliphatic hydroxyl groups excluding tert-OH is 3. The van der Waals surface area contributed by atoms with Crippen molar-refractivity contribution in [1.29, 1.82) is 0 Å². The lowest BCUT2D eigenvalue weighted by atomic mass is 10.0. The number of carboxylic acids is 2. The third kappa shape index (κ3) is 3.52. The molecule has 0 rings (SSSR count). The van der Waals surface area contributed by atoms with Crippen LogP contribution in [0.1, 0.15) is 0 Å². The van der Waals surface area contributed by atoms with Crippen LogP contribution >= 0.6 is 0 Å². The van der Waals surface area contributed by atoms with Crippen molar-refractivity contribution in [3.8, 4) is 0 Å². The van der Waals surface area contributed by atoms with Gasteiger partial charge >= 0.3 is 11.9 Å². The maximum atomic E-state index is 10.4. The Balaban J connectivity index is 4.84. The van der Waals surface area contributed by atoms with Crippen LogP contribution in [0.25, 0.3) is 0 Å². The first kappa shape index (κ1) is 12.6. The molecule has 7 heteroatoms. The van der Waals surface area contributed by atoms with Gasteiger partial charge in [0.15, 0.2) is 0 Å². The van der Waals surface area contributed by atoms with Crippen LogP contribution in [-0.4, -0.2) is 56.3 Å². The zero-order valence-electron chi connectivity index (χ0n) is 6.99. The molecule has 80 valence electrons. The molecule has 2 unspecified atom stereocenters. The van der Waals surface area contributed by atoms with Crippen molar-refractivity contribution in [3.05, 3.63) is 11.6 Å². The van der Waals surface area contributed by atoms with Gasteiger partial charge in [-0.05, 0) is 0 Å². The Kier molecular flexibility index (Phi) is 4.78. The number of aliphatic carboxylic acids is 2. The molecule has 0 heterocycles. The summed E-state index contributed by atoms with van der Waals surface area (Å²) in [5.74, 6) is -3.24. The minimum atomic E-state index is -1.94. The zero-order valence-corrected chi connectivity index (χ0v) is 6.99. The Morgan fingerprint density at radius 3 is 2.00 bits per heavy atom. The van der Waals surface area contributed by atoms with Gasteiger partial charge in [-0.1, -0.05) is 0 Å². The molecule has 14 heavy (non-hydrogen) atoms. The summed E-state index contributed by atoms with van der Waals surface area (Å²) in [5, 5.41) is 43.0. The first-order valence-corrected chi connectivity index (χ1v) is 3.55. The van der Waals surface area contributed by atoms with Crippen molar-refractivity contribution in [2.75, 3.05) is 6.61 Å². The fourth-order valence-electron chi connectivity index (χ4n) is 0.714. The van der Waals surface area contributed by atoms with Gasteiger partial charge in [0.25, 0.3) is 0 Å². The lowest BCUT2D eigenvalue weighted by molar-refractivity contribution is -0.137. The predicted octanol–water partition coefficient (Wildman–Crippen LogP) is -2.20. The Bertz CT molecular complexity index is 257. The van der Waals surface area contributed by atoms with E-state index in [1.807, 2.05) is 0 Å². The van der Waals surface area contributed by atoms with Crippen molar-refractivity contribution in [3.63, 3.8) is 0 Å². The minimum absolute atomic E-state index is 0.256. The van der Waals surface area contributed by atoms with Gasteiger partial charge in [-0.2, -0.15) is 0 Å². The Morgan fingerprint density at radius 1 is 1.21 bits per heavy atom. The maximum Gasteiger partial charge on any atom is 0.334 e. The van der Waals surface area contributed by atoms with Crippen LogP contribution in [0.4, 0.5) is 0 Å². The Labute approximate surface area is 78.5 Å². The summed E-state index contributed by atoms with van der Waals surface area (Å²) < 4.78 is 0. The molecule has 2 atom stereocenters. The second-order valence-corrected chi connectivity index (χ2v) is 2.44. The van der Waals surface area contributed by atoms with Crippen molar-refractivity contribution in [1.82, 2.24) is 0 Å². The highest BCUT2D eigenvalue weighted by Gasteiger charge is 2.25. The summed E-state index contributed by atoms with van der Waals surface area (Å²) in [7, 11) is 0. The second-order valence-electron chi connectivity index (χ2n) is 2.44. The van der Waals surface area contributed by atoms with Crippen LogP contribution < -0.4 is 0 Å². The topological polar surface area (TPSA) is 135 Å². The van der Waals surface area contributed by atoms with E-state index >= 15 is 0 Å². The van der Waals surface area contributed by atoms with Gasteiger partial charge in [-0.15, -0.1) is 0 Å². The van der Waals surface area contributed by atoms with Crippen LogP contribution in [0.2, 0.25) is 0 Å². The zero-order chi connectivity index (χ0) is 11.3. The average Bonchev–Trinajstić information content (AvgIpc) is 2.11. The van der Waals surface area contributed by atoms with Crippen LogP contribution in [0.5, 0.6) is 0 Å². The van der Waals surface area contributed by atoms with Crippen LogP contribution in [0.15, 0.2) is 11.6 Å². The fourth-order valence-corrected chi connectivity index (χ4v) is 0.714. The normalized spacial score (nSPS) is 16.1. The van der Waals surface area contributed by atoms with E-state index in [0.717, 1.165) is 0 Å². The Hall–Kier alpha value is -1.44. The predicted molar refractivity (Wildman–Crippen MR) is 42.5 cm³/mol. The van der Waals surface area contributed by atoms with Crippen molar-refractivity contribution in [2.45, 2.75) is 12.2 Å². The standard InChI is InChI=1S/C7H10O7/c8-2-4(9)6(12)3(7(13)14)1-5(10)11/h1,4,6,8-9,12H,2H2,(H,10,11)(H,13,14)/b3-1-. The summed E-state index contributed by atoms with van der Waals surface area (Å²) in [6, 6.07) is 0. The molecule has 0 aromatic rings.